The van der Waals surface area contributed by atoms with Crippen molar-refractivity contribution in [2.45, 2.75) is 82.2 Å². The minimum Gasteiger partial charge on any atom is -0.465 e. The number of ether oxygens (including phenoxy) is 5. The molecule has 3 aliphatic heterocycles. The van der Waals surface area contributed by atoms with Crippen LogP contribution in [0.4, 0.5) is 9.59 Å². The van der Waals surface area contributed by atoms with E-state index >= 15 is 0 Å². The van der Waals surface area contributed by atoms with Crippen LogP contribution in [0.1, 0.15) is 52.0 Å². The lowest BCUT2D eigenvalue weighted by atomic mass is 9.87. The van der Waals surface area contributed by atoms with Crippen molar-refractivity contribution in [1.29, 1.82) is 0 Å². The van der Waals surface area contributed by atoms with Crippen LogP contribution in [0, 0.1) is 11.3 Å². The summed E-state index contributed by atoms with van der Waals surface area (Å²) in [6.07, 6.45) is -0.932. The summed E-state index contributed by atoms with van der Waals surface area (Å²) >= 11 is 0. The van der Waals surface area contributed by atoms with Gasteiger partial charge in [0.15, 0.2) is 17.8 Å². The van der Waals surface area contributed by atoms with Crippen molar-refractivity contribution in [2.24, 2.45) is 11.3 Å². The average molecular weight is 720 g/mol. The van der Waals surface area contributed by atoms with Gasteiger partial charge in [-0.2, -0.15) is 4.31 Å². The number of fused-ring (bicyclic) bond motifs is 2. The zero-order chi connectivity index (χ0) is 35.9. The standard InChI is InChI=1S/C35H49N3O11S/c1-4-45-33(40)36-16-9-8-15-35(2,3)22-37(50(43,44)25-12-13-30-31(19-25)49-23-48-30)20-29(39)27(18-24-10-6-5-7-11-24)38(34(41)42)28-21-47-32-26(28)14-17-46-32/h5-7,10-13,19,26-29,32,39H,4,8-9,14-18,20-23H2,1-3H3,(H,36,40)(H,41,42)/t26-,27-,28-,29+,32+/m0/s1. The molecule has 3 heterocycles. The van der Waals surface area contributed by atoms with Gasteiger partial charge in [-0.15, -0.1) is 0 Å². The maximum absolute atomic E-state index is 14.4. The number of amides is 2. The molecule has 0 spiro atoms. The van der Waals surface area contributed by atoms with E-state index in [0.717, 1.165) is 5.56 Å². The van der Waals surface area contributed by atoms with Crippen LogP contribution in [0.25, 0.3) is 0 Å². The summed E-state index contributed by atoms with van der Waals surface area (Å²) < 4.78 is 57.4. The van der Waals surface area contributed by atoms with E-state index in [1.807, 2.05) is 44.2 Å². The molecule has 5 rings (SSSR count). The first-order valence-corrected chi connectivity index (χ1v) is 18.6. The predicted octanol–water partition coefficient (Wildman–Crippen LogP) is 4.06. The molecule has 2 fully saturated rings. The first-order chi connectivity index (χ1) is 23.9. The molecule has 3 N–H and O–H groups in total. The van der Waals surface area contributed by atoms with E-state index in [9.17, 15) is 28.2 Å². The fourth-order valence-electron chi connectivity index (χ4n) is 6.96. The van der Waals surface area contributed by atoms with Crippen molar-refractivity contribution in [3.05, 3.63) is 54.1 Å². The Balaban J connectivity index is 1.42. The van der Waals surface area contributed by atoms with Gasteiger partial charge in [0.2, 0.25) is 16.8 Å². The summed E-state index contributed by atoms with van der Waals surface area (Å²) in [6.45, 7) is 6.50. The van der Waals surface area contributed by atoms with Crippen molar-refractivity contribution < 1.29 is 51.9 Å². The third-order valence-corrected chi connectivity index (χ3v) is 11.3. The lowest BCUT2D eigenvalue weighted by Gasteiger charge is -2.40. The van der Waals surface area contributed by atoms with Crippen LogP contribution in [0.5, 0.6) is 11.5 Å². The minimum atomic E-state index is -4.24. The molecule has 0 aliphatic carbocycles. The molecule has 50 heavy (non-hydrogen) atoms. The Labute approximate surface area is 293 Å². The summed E-state index contributed by atoms with van der Waals surface area (Å²) in [6, 6.07) is 12.0. The molecular formula is C35H49N3O11S. The monoisotopic (exact) mass is 719 g/mol. The van der Waals surface area contributed by atoms with Crippen LogP contribution in [0.15, 0.2) is 53.4 Å². The molecule has 276 valence electrons. The minimum absolute atomic E-state index is 0.0245. The molecule has 15 heteroatoms. The Morgan fingerprint density at radius 2 is 1.84 bits per heavy atom. The topological polar surface area (TPSA) is 173 Å². The number of aliphatic hydroxyl groups is 1. The number of rotatable bonds is 17. The molecule has 2 aromatic carbocycles. The van der Waals surface area contributed by atoms with E-state index in [4.69, 9.17) is 23.7 Å². The molecule has 2 aromatic rings. The molecule has 0 saturated carbocycles. The highest BCUT2D eigenvalue weighted by molar-refractivity contribution is 7.89. The van der Waals surface area contributed by atoms with Crippen molar-refractivity contribution in [3.63, 3.8) is 0 Å². The van der Waals surface area contributed by atoms with Crippen LogP contribution in [-0.4, -0.2) is 111 Å². The number of hydrogen-bond acceptors (Lipinski definition) is 10. The van der Waals surface area contributed by atoms with Gasteiger partial charge in [0.25, 0.3) is 0 Å². The lowest BCUT2D eigenvalue weighted by Crippen LogP contribution is -2.58. The average Bonchev–Trinajstić information content (AvgIpc) is 3.83. The number of aliphatic hydroxyl groups excluding tert-OH is 1. The third-order valence-electron chi connectivity index (χ3n) is 9.48. The van der Waals surface area contributed by atoms with E-state index < -0.39 is 52.1 Å². The smallest absolute Gasteiger partial charge is 0.407 e. The summed E-state index contributed by atoms with van der Waals surface area (Å²) in [5.74, 6) is 0.524. The summed E-state index contributed by atoms with van der Waals surface area (Å²) in [4.78, 5) is 25.9. The normalized spacial score (nSPS) is 21.1. The van der Waals surface area contributed by atoms with E-state index in [2.05, 4.69) is 5.32 Å². The second-order valence-electron chi connectivity index (χ2n) is 13.7. The second-order valence-corrected chi connectivity index (χ2v) is 15.6. The Hall–Kier alpha value is -3.63. The van der Waals surface area contributed by atoms with Crippen LogP contribution in [-0.2, 0) is 30.7 Å². The van der Waals surface area contributed by atoms with Crippen molar-refractivity contribution >= 4 is 22.2 Å². The largest absolute Gasteiger partial charge is 0.465 e. The van der Waals surface area contributed by atoms with Gasteiger partial charge in [-0.05, 0) is 55.7 Å². The van der Waals surface area contributed by atoms with Crippen LogP contribution in [0.2, 0.25) is 0 Å². The van der Waals surface area contributed by atoms with E-state index in [0.29, 0.717) is 50.3 Å². The summed E-state index contributed by atoms with van der Waals surface area (Å²) in [5.41, 5.74) is 0.227. The zero-order valence-electron chi connectivity index (χ0n) is 28.9. The number of benzene rings is 2. The highest BCUT2D eigenvalue weighted by Crippen LogP contribution is 2.38. The number of unbranched alkanes of at least 4 members (excludes halogenated alkanes) is 1. The molecule has 14 nitrogen and oxygen atoms in total. The Bertz CT molecular complexity index is 1560. The van der Waals surface area contributed by atoms with Gasteiger partial charge >= 0.3 is 12.2 Å². The fourth-order valence-corrected chi connectivity index (χ4v) is 8.62. The number of carboxylic acid groups (broad SMARTS) is 1. The summed E-state index contributed by atoms with van der Waals surface area (Å²) in [7, 11) is -4.24. The van der Waals surface area contributed by atoms with Crippen molar-refractivity contribution in [2.75, 3.05) is 46.2 Å². The molecule has 5 atom stereocenters. The van der Waals surface area contributed by atoms with Crippen molar-refractivity contribution in [3.8, 4) is 11.5 Å². The molecule has 0 bridgehead atoms. The first kappa shape index (κ1) is 37.6. The van der Waals surface area contributed by atoms with Gasteiger partial charge < -0.3 is 39.2 Å². The second kappa shape index (κ2) is 16.6. The van der Waals surface area contributed by atoms with Gasteiger partial charge in [0, 0.05) is 31.6 Å². The lowest BCUT2D eigenvalue weighted by molar-refractivity contribution is -0.0906. The number of sulfonamides is 1. The van der Waals surface area contributed by atoms with Crippen LogP contribution >= 0.6 is 0 Å². The van der Waals surface area contributed by atoms with E-state index in [1.54, 1.807) is 6.92 Å². The van der Waals surface area contributed by atoms with Gasteiger partial charge in [-0.25, -0.2) is 18.0 Å². The number of nitrogens with zero attached hydrogens (tertiary/aromatic N) is 2. The SMILES string of the molecule is CCOC(=O)NCCCCC(C)(C)CN(C[C@@H](O)[C@H](Cc1ccccc1)N(C(=O)O)[C@H]1CO[C@H]2OCC[C@H]21)S(=O)(=O)c1ccc2c(c1)OCO2. The fraction of sp³-hybridized carbons (Fsp3) is 0.600. The maximum atomic E-state index is 14.4. The van der Waals surface area contributed by atoms with Crippen molar-refractivity contribution in [1.82, 2.24) is 14.5 Å². The van der Waals surface area contributed by atoms with Gasteiger partial charge in [-0.3, -0.25) is 4.90 Å². The molecule has 0 radical (unpaired) electrons. The zero-order valence-corrected chi connectivity index (χ0v) is 29.7. The Morgan fingerprint density at radius 1 is 1.08 bits per heavy atom. The molecule has 2 saturated heterocycles. The highest BCUT2D eigenvalue weighted by Gasteiger charge is 2.49. The van der Waals surface area contributed by atoms with Gasteiger partial charge in [0.1, 0.15) is 0 Å². The third kappa shape index (κ3) is 9.18. The number of alkyl carbamates (subject to hydrolysis) is 1. The van der Waals surface area contributed by atoms with Crippen LogP contribution in [0.3, 0.4) is 0 Å². The molecule has 2 amide bonds. The first-order valence-electron chi connectivity index (χ1n) is 17.2. The number of nitrogens with one attached hydrogen (secondary N) is 1. The molecule has 0 unspecified atom stereocenters. The van der Waals surface area contributed by atoms with Crippen LogP contribution < -0.4 is 14.8 Å². The van der Waals surface area contributed by atoms with Gasteiger partial charge in [0.05, 0.1) is 42.9 Å². The van der Waals surface area contributed by atoms with E-state index in [-0.39, 0.29) is 50.3 Å². The van der Waals surface area contributed by atoms with E-state index in [1.165, 1.54) is 27.4 Å². The Kier molecular flexibility index (Phi) is 12.5. The Morgan fingerprint density at radius 3 is 2.58 bits per heavy atom. The molecule has 3 aliphatic rings. The molecule has 0 aromatic heterocycles. The number of carbonyl (C=O) groups is 2. The maximum Gasteiger partial charge on any atom is 0.407 e. The number of hydrogen-bond donors (Lipinski definition) is 3. The molecular weight excluding hydrogens is 670 g/mol. The van der Waals surface area contributed by atoms with Gasteiger partial charge in [-0.1, -0.05) is 50.6 Å². The highest BCUT2D eigenvalue weighted by atomic mass is 32.2. The predicted molar refractivity (Wildman–Crippen MR) is 181 cm³/mol. The number of carbonyl (C=O) groups excluding carboxylic acids is 1. The summed E-state index contributed by atoms with van der Waals surface area (Å²) in [5, 5.41) is 25.4. The quantitative estimate of drug-likeness (QED) is 0.201.